The zero-order chi connectivity index (χ0) is 26.5. The Labute approximate surface area is 205 Å². The number of ether oxygens (including phenoxy) is 2. The van der Waals surface area contributed by atoms with Gasteiger partial charge < -0.3 is 19.1 Å². The highest BCUT2D eigenvalue weighted by atomic mass is 31.2. The number of esters is 1. The number of carbonyl (C=O) groups excluding carboxylic acids is 1. The summed E-state index contributed by atoms with van der Waals surface area (Å²) >= 11 is 0. The summed E-state index contributed by atoms with van der Waals surface area (Å²) in [5.41, 5.74) is -1.88. The third-order valence-electron chi connectivity index (χ3n) is 4.95. The van der Waals surface area contributed by atoms with Gasteiger partial charge in [0.25, 0.3) is 5.56 Å². The molecule has 2 aromatic rings. The fourth-order valence-corrected chi connectivity index (χ4v) is 4.77. The van der Waals surface area contributed by atoms with Crippen LogP contribution in [0.15, 0.2) is 64.1 Å². The second-order valence-electron chi connectivity index (χ2n) is 8.13. The molecular formula is C22H27FN3O9P. The number of hydrogen-bond donors (Lipinski definition) is 3. The Hall–Kier alpha value is -3.09. The van der Waals surface area contributed by atoms with E-state index < -0.39 is 62.2 Å². The van der Waals surface area contributed by atoms with Crippen LogP contribution in [0.2, 0.25) is 0 Å². The Kier molecular flexibility index (Phi) is 8.98. The van der Waals surface area contributed by atoms with Gasteiger partial charge in [0, 0.05) is 17.8 Å². The average Bonchev–Trinajstić information content (AvgIpc) is 3.12. The standard InChI is InChI=1S/C22H27FN3O9P/c1-13(2)33-21(29)14(3)25-36(31,35-15-7-5-4-6-8-15)32-12-17-19(28)16(11-23)20(34-17)26-10-9-18(27)24-22(26)30/h4-11,13-14,17,19-20,28H,12H2,1-3H3,(H,25,31)(H,24,27,30)/b16-11+/t14-,17-,19+,20?,36?/m1/s1. The summed E-state index contributed by atoms with van der Waals surface area (Å²) in [5, 5.41) is 13.0. The Bertz CT molecular complexity index is 1250. The first-order valence-electron chi connectivity index (χ1n) is 11.0. The molecular weight excluding hydrogens is 500 g/mol. The first kappa shape index (κ1) is 27.5. The van der Waals surface area contributed by atoms with E-state index >= 15 is 0 Å². The van der Waals surface area contributed by atoms with Crippen LogP contribution in [0.25, 0.3) is 0 Å². The molecule has 196 valence electrons. The largest absolute Gasteiger partial charge is 0.462 e. The minimum absolute atomic E-state index is 0.0786. The van der Waals surface area contributed by atoms with Crippen LogP contribution in [0.4, 0.5) is 4.39 Å². The van der Waals surface area contributed by atoms with Crippen molar-refractivity contribution in [3.8, 4) is 5.75 Å². The van der Waals surface area contributed by atoms with Crippen molar-refractivity contribution in [2.45, 2.75) is 51.4 Å². The van der Waals surface area contributed by atoms with E-state index in [1.165, 1.54) is 19.1 Å². The molecule has 0 saturated carbocycles. The van der Waals surface area contributed by atoms with Gasteiger partial charge in [-0.25, -0.2) is 13.8 Å². The second kappa shape index (κ2) is 11.8. The number of halogens is 1. The van der Waals surface area contributed by atoms with E-state index in [-0.39, 0.29) is 17.7 Å². The number of aromatic amines is 1. The molecule has 1 aromatic carbocycles. The van der Waals surface area contributed by atoms with Crippen molar-refractivity contribution in [2.75, 3.05) is 6.61 Å². The van der Waals surface area contributed by atoms with E-state index in [9.17, 15) is 28.4 Å². The van der Waals surface area contributed by atoms with Gasteiger partial charge in [-0.1, -0.05) is 18.2 Å². The summed E-state index contributed by atoms with van der Waals surface area (Å²) in [6.07, 6.45) is -3.54. The molecule has 3 N–H and O–H groups in total. The van der Waals surface area contributed by atoms with E-state index in [2.05, 4.69) is 5.09 Å². The van der Waals surface area contributed by atoms with E-state index in [0.29, 0.717) is 0 Å². The van der Waals surface area contributed by atoms with Gasteiger partial charge in [-0.15, -0.1) is 0 Å². The van der Waals surface area contributed by atoms with E-state index in [1.54, 1.807) is 32.0 Å². The van der Waals surface area contributed by atoms with Crippen LogP contribution < -0.4 is 20.9 Å². The summed E-state index contributed by atoms with van der Waals surface area (Å²) in [6, 6.07) is 7.92. The molecule has 0 amide bonds. The normalized spacial score (nSPS) is 23.4. The van der Waals surface area contributed by atoms with Crippen molar-refractivity contribution in [2.24, 2.45) is 0 Å². The zero-order valence-electron chi connectivity index (χ0n) is 19.7. The number of carbonyl (C=O) groups is 1. The van der Waals surface area contributed by atoms with Gasteiger partial charge >= 0.3 is 19.4 Å². The summed E-state index contributed by atoms with van der Waals surface area (Å²) in [4.78, 5) is 37.7. The zero-order valence-corrected chi connectivity index (χ0v) is 20.6. The summed E-state index contributed by atoms with van der Waals surface area (Å²) in [5.74, 6) is -0.546. The first-order chi connectivity index (χ1) is 17.0. The van der Waals surface area contributed by atoms with Crippen LogP contribution in [0.1, 0.15) is 27.0 Å². The Morgan fingerprint density at radius 1 is 1.28 bits per heavy atom. The van der Waals surface area contributed by atoms with Crippen LogP contribution in [-0.2, 0) is 23.4 Å². The van der Waals surface area contributed by atoms with Crippen LogP contribution in [-0.4, -0.2) is 51.6 Å². The number of H-pyrrole nitrogens is 1. The summed E-state index contributed by atoms with van der Waals surface area (Å²) in [7, 11) is -4.28. The fourth-order valence-electron chi connectivity index (χ4n) is 3.27. The van der Waals surface area contributed by atoms with Crippen LogP contribution in [0.3, 0.4) is 0 Å². The number of nitrogens with zero attached hydrogens (tertiary/aromatic N) is 1. The molecule has 2 heterocycles. The first-order valence-corrected chi connectivity index (χ1v) is 12.5. The van der Waals surface area contributed by atoms with Gasteiger partial charge in [-0.05, 0) is 32.9 Å². The fraction of sp³-hybridized carbons (Fsp3) is 0.409. The third-order valence-corrected chi connectivity index (χ3v) is 6.59. The molecule has 1 saturated heterocycles. The quantitative estimate of drug-likeness (QED) is 0.307. The van der Waals surface area contributed by atoms with Crippen LogP contribution in [0.5, 0.6) is 5.75 Å². The number of nitrogens with one attached hydrogen (secondary N) is 2. The molecule has 0 bridgehead atoms. The lowest BCUT2D eigenvalue weighted by Crippen LogP contribution is -2.37. The van der Waals surface area contributed by atoms with Crippen molar-refractivity contribution in [3.63, 3.8) is 0 Å². The van der Waals surface area contributed by atoms with Crippen molar-refractivity contribution in [1.29, 1.82) is 0 Å². The lowest BCUT2D eigenvalue weighted by molar-refractivity contribution is -0.149. The van der Waals surface area contributed by atoms with E-state index in [0.717, 1.165) is 16.8 Å². The van der Waals surface area contributed by atoms with E-state index in [1.807, 2.05) is 4.98 Å². The average molecular weight is 527 g/mol. The van der Waals surface area contributed by atoms with E-state index in [4.69, 9.17) is 18.5 Å². The molecule has 12 nitrogen and oxygen atoms in total. The van der Waals surface area contributed by atoms with Crippen molar-refractivity contribution in [1.82, 2.24) is 14.6 Å². The molecule has 2 unspecified atom stereocenters. The van der Waals surface area contributed by atoms with Crippen molar-refractivity contribution >= 4 is 13.7 Å². The minimum atomic E-state index is -4.28. The smallest absolute Gasteiger partial charge is 0.459 e. The molecule has 0 radical (unpaired) electrons. The monoisotopic (exact) mass is 527 g/mol. The van der Waals surface area contributed by atoms with Gasteiger partial charge in [0.1, 0.15) is 24.0 Å². The van der Waals surface area contributed by atoms with Crippen LogP contribution in [0, 0.1) is 0 Å². The topological polar surface area (TPSA) is 158 Å². The third kappa shape index (κ3) is 6.77. The minimum Gasteiger partial charge on any atom is -0.462 e. The maximum absolute atomic E-state index is 13.6. The predicted molar refractivity (Wildman–Crippen MR) is 125 cm³/mol. The maximum Gasteiger partial charge on any atom is 0.459 e. The second-order valence-corrected chi connectivity index (χ2v) is 9.83. The van der Waals surface area contributed by atoms with Gasteiger partial charge in [0.2, 0.25) is 0 Å². The lowest BCUT2D eigenvalue weighted by Gasteiger charge is -2.25. The lowest BCUT2D eigenvalue weighted by atomic mass is 10.1. The molecule has 1 aromatic heterocycles. The highest BCUT2D eigenvalue weighted by Gasteiger charge is 2.43. The number of aliphatic hydroxyl groups excluding tert-OH is 1. The SMILES string of the molecule is CC(C)OC(=O)[C@@H](C)NP(=O)(OC[C@H]1OC(n2ccc(=O)[nH]c2=O)/C(=C/F)[C@@H]1O)Oc1ccccc1. The van der Waals surface area contributed by atoms with Gasteiger partial charge in [0.05, 0.1) is 19.0 Å². The Morgan fingerprint density at radius 3 is 2.58 bits per heavy atom. The van der Waals surface area contributed by atoms with Gasteiger partial charge in [-0.2, -0.15) is 5.09 Å². The van der Waals surface area contributed by atoms with Crippen molar-refractivity contribution in [3.05, 3.63) is 75.3 Å². The molecule has 5 atom stereocenters. The summed E-state index contributed by atoms with van der Waals surface area (Å²) in [6.45, 7) is 4.12. The predicted octanol–water partition coefficient (Wildman–Crippen LogP) is 1.78. The highest BCUT2D eigenvalue weighted by Crippen LogP contribution is 2.46. The molecule has 36 heavy (non-hydrogen) atoms. The highest BCUT2D eigenvalue weighted by molar-refractivity contribution is 7.52. The Balaban J connectivity index is 1.80. The number of aliphatic hydroxyl groups is 1. The number of aromatic nitrogens is 2. The maximum atomic E-state index is 13.6. The molecule has 1 aliphatic heterocycles. The molecule has 3 rings (SSSR count). The molecule has 1 fully saturated rings. The molecule has 0 aliphatic carbocycles. The molecule has 1 aliphatic rings. The van der Waals surface area contributed by atoms with Crippen LogP contribution >= 0.6 is 7.75 Å². The van der Waals surface area contributed by atoms with Gasteiger partial charge in [-0.3, -0.25) is 23.7 Å². The Morgan fingerprint density at radius 2 is 1.97 bits per heavy atom. The van der Waals surface area contributed by atoms with Gasteiger partial charge in [0.15, 0.2) is 6.23 Å². The number of benzene rings is 1. The number of hydrogen-bond acceptors (Lipinski definition) is 9. The molecule has 14 heteroatoms. The summed E-state index contributed by atoms with van der Waals surface area (Å²) < 4.78 is 49.7. The number of para-hydroxylation sites is 1. The van der Waals surface area contributed by atoms with Crippen molar-refractivity contribution < 1.29 is 37.4 Å². The number of rotatable bonds is 10. The molecule has 0 spiro atoms.